The zero-order valence-corrected chi connectivity index (χ0v) is 9.08. The van der Waals surface area contributed by atoms with E-state index in [2.05, 4.69) is 5.32 Å². The molecule has 0 aromatic carbocycles. The lowest BCUT2D eigenvalue weighted by Gasteiger charge is -2.26. The molecule has 3 heteroatoms. The molecule has 1 rings (SSSR count). The minimum atomic E-state index is -0.0779. The molecule has 0 spiro atoms. The van der Waals surface area contributed by atoms with Gasteiger partial charge in [0.25, 0.3) is 0 Å². The van der Waals surface area contributed by atoms with Crippen molar-refractivity contribution in [2.45, 2.75) is 38.7 Å². The molecule has 1 aliphatic rings. The first kappa shape index (κ1) is 12.0. The zero-order valence-electron chi connectivity index (χ0n) is 9.08. The van der Waals surface area contributed by atoms with Crippen LogP contribution in [0.2, 0.25) is 0 Å². The van der Waals surface area contributed by atoms with E-state index < -0.39 is 0 Å². The number of aliphatic hydroxyl groups is 2. The second-order valence-electron chi connectivity index (χ2n) is 4.63. The Morgan fingerprint density at radius 1 is 1.43 bits per heavy atom. The third-order valence-electron chi connectivity index (χ3n) is 2.99. The zero-order chi connectivity index (χ0) is 10.4. The average Bonchev–Trinajstić information content (AvgIpc) is 2.17. The SMILES string of the molecule is CC(CO)CNCC1CCCC(O)C1. The van der Waals surface area contributed by atoms with Crippen LogP contribution in [0, 0.1) is 11.8 Å². The van der Waals surface area contributed by atoms with Gasteiger partial charge in [-0.3, -0.25) is 0 Å². The normalized spacial score (nSPS) is 30.2. The van der Waals surface area contributed by atoms with E-state index >= 15 is 0 Å². The van der Waals surface area contributed by atoms with Crippen molar-refractivity contribution in [1.29, 1.82) is 0 Å². The molecule has 0 heterocycles. The Kier molecular flexibility index (Phi) is 5.45. The standard InChI is InChI=1S/C11H23NO2/c1-9(8-13)6-12-7-10-3-2-4-11(14)5-10/h9-14H,2-8H2,1H3. The average molecular weight is 201 g/mol. The van der Waals surface area contributed by atoms with Gasteiger partial charge in [0.15, 0.2) is 0 Å². The van der Waals surface area contributed by atoms with Gasteiger partial charge in [0.2, 0.25) is 0 Å². The van der Waals surface area contributed by atoms with E-state index in [4.69, 9.17) is 5.11 Å². The Labute approximate surface area is 86.5 Å². The van der Waals surface area contributed by atoms with Crippen molar-refractivity contribution < 1.29 is 10.2 Å². The Bertz CT molecular complexity index is 152. The maximum Gasteiger partial charge on any atom is 0.0543 e. The largest absolute Gasteiger partial charge is 0.396 e. The highest BCUT2D eigenvalue weighted by Crippen LogP contribution is 2.23. The fourth-order valence-electron chi connectivity index (χ4n) is 2.05. The molecule has 14 heavy (non-hydrogen) atoms. The molecule has 3 unspecified atom stereocenters. The van der Waals surface area contributed by atoms with Crippen LogP contribution in [-0.2, 0) is 0 Å². The lowest BCUT2D eigenvalue weighted by Crippen LogP contribution is -2.32. The minimum absolute atomic E-state index is 0.0779. The lowest BCUT2D eigenvalue weighted by atomic mass is 9.87. The topological polar surface area (TPSA) is 52.5 Å². The Hall–Kier alpha value is -0.120. The van der Waals surface area contributed by atoms with Crippen molar-refractivity contribution in [3.63, 3.8) is 0 Å². The van der Waals surface area contributed by atoms with Crippen molar-refractivity contribution in [1.82, 2.24) is 5.32 Å². The minimum Gasteiger partial charge on any atom is -0.396 e. The fraction of sp³-hybridized carbons (Fsp3) is 1.00. The van der Waals surface area contributed by atoms with E-state index in [0.29, 0.717) is 11.8 Å². The molecule has 3 nitrogen and oxygen atoms in total. The molecular weight excluding hydrogens is 178 g/mol. The molecule has 3 N–H and O–H groups in total. The van der Waals surface area contributed by atoms with Gasteiger partial charge in [-0.25, -0.2) is 0 Å². The maximum atomic E-state index is 9.47. The van der Waals surface area contributed by atoms with E-state index in [0.717, 1.165) is 32.4 Å². The third-order valence-corrected chi connectivity index (χ3v) is 2.99. The van der Waals surface area contributed by atoms with Crippen LogP contribution in [0.4, 0.5) is 0 Å². The summed E-state index contributed by atoms with van der Waals surface area (Å²) in [5.74, 6) is 0.966. The molecule has 0 aromatic heterocycles. The lowest BCUT2D eigenvalue weighted by molar-refractivity contribution is 0.0999. The molecule has 84 valence electrons. The number of rotatable bonds is 5. The molecule has 0 saturated heterocycles. The second kappa shape index (κ2) is 6.38. The van der Waals surface area contributed by atoms with Crippen molar-refractivity contribution >= 4 is 0 Å². The van der Waals surface area contributed by atoms with Gasteiger partial charge in [0.1, 0.15) is 0 Å². The van der Waals surface area contributed by atoms with Crippen LogP contribution < -0.4 is 5.32 Å². The first-order valence-electron chi connectivity index (χ1n) is 5.72. The molecule has 0 radical (unpaired) electrons. The monoisotopic (exact) mass is 201 g/mol. The summed E-state index contributed by atoms with van der Waals surface area (Å²) in [5.41, 5.74) is 0. The maximum absolute atomic E-state index is 9.47. The van der Waals surface area contributed by atoms with E-state index in [1.807, 2.05) is 6.92 Å². The molecular formula is C11H23NO2. The highest BCUT2D eigenvalue weighted by molar-refractivity contribution is 4.74. The van der Waals surface area contributed by atoms with Gasteiger partial charge in [-0.15, -0.1) is 0 Å². The summed E-state index contributed by atoms with van der Waals surface area (Å²) in [6.07, 6.45) is 4.23. The van der Waals surface area contributed by atoms with Gasteiger partial charge in [0.05, 0.1) is 6.10 Å². The predicted molar refractivity (Wildman–Crippen MR) is 57.1 cm³/mol. The van der Waals surface area contributed by atoms with Gasteiger partial charge in [-0.05, 0) is 44.2 Å². The van der Waals surface area contributed by atoms with Crippen LogP contribution in [0.3, 0.4) is 0 Å². The van der Waals surface area contributed by atoms with Crippen molar-refractivity contribution in [2.75, 3.05) is 19.7 Å². The van der Waals surface area contributed by atoms with Crippen LogP contribution in [-0.4, -0.2) is 36.0 Å². The van der Waals surface area contributed by atoms with Gasteiger partial charge >= 0.3 is 0 Å². The summed E-state index contributed by atoms with van der Waals surface area (Å²) in [6.45, 7) is 4.15. The molecule has 3 atom stereocenters. The van der Waals surface area contributed by atoms with Gasteiger partial charge in [-0.2, -0.15) is 0 Å². The van der Waals surface area contributed by atoms with Crippen molar-refractivity contribution in [3.05, 3.63) is 0 Å². The molecule has 0 aliphatic heterocycles. The van der Waals surface area contributed by atoms with Gasteiger partial charge in [0, 0.05) is 6.61 Å². The predicted octanol–water partition coefficient (Wildman–Crippen LogP) is 0.755. The summed E-state index contributed by atoms with van der Waals surface area (Å²) in [4.78, 5) is 0. The summed E-state index contributed by atoms with van der Waals surface area (Å²) < 4.78 is 0. The number of hydrogen-bond donors (Lipinski definition) is 3. The fourth-order valence-corrected chi connectivity index (χ4v) is 2.05. The quantitative estimate of drug-likeness (QED) is 0.615. The van der Waals surface area contributed by atoms with E-state index in [-0.39, 0.29) is 12.7 Å². The summed E-state index contributed by atoms with van der Waals surface area (Å²) in [7, 11) is 0. The molecule has 1 aliphatic carbocycles. The van der Waals surface area contributed by atoms with Crippen LogP contribution >= 0.6 is 0 Å². The number of aliphatic hydroxyl groups excluding tert-OH is 2. The molecule has 1 saturated carbocycles. The highest BCUT2D eigenvalue weighted by atomic mass is 16.3. The van der Waals surface area contributed by atoms with Crippen LogP contribution in [0.25, 0.3) is 0 Å². The van der Waals surface area contributed by atoms with E-state index in [9.17, 15) is 5.11 Å². The summed E-state index contributed by atoms with van der Waals surface area (Å²) in [6, 6.07) is 0. The van der Waals surface area contributed by atoms with Gasteiger partial charge < -0.3 is 15.5 Å². The number of nitrogens with one attached hydrogen (secondary N) is 1. The summed E-state index contributed by atoms with van der Waals surface area (Å²) >= 11 is 0. The first-order valence-corrected chi connectivity index (χ1v) is 5.72. The highest BCUT2D eigenvalue weighted by Gasteiger charge is 2.19. The first-order chi connectivity index (χ1) is 6.72. The van der Waals surface area contributed by atoms with E-state index in [1.54, 1.807) is 0 Å². The van der Waals surface area contributed by atoms with Gasteiger partial charge in [-0.1, -0.05) is 13.3 Å². The van der Waals surface area contributed by atoms with Crippen LogP contribution in [0.15, 0.2) is 0 Å². The third kappa shape index (κ3) is 4.40. The van der Waals surface area contributed by atoms with Crippen LogP contribution in [0.5, 0.6) is 0 Å². The molecule has 0 aromatic rings. The Balaban J connectivity index is 2.05. The number of hydrogen-bond acceptors (Lipinski definition) is 3. The van der Waals surface area contributed by atoms with Crippen LogP contribution in [0.1, 0.15) is 32.6 Å². The smallest absolute Gasteiger partial charge is 0.0543 e. The van der Waals surface area contributed by atoms with Crippen molar-refractivity contribution in [3.8, 4) is 0 Å². The molecule has 0 bridgehead atoms. The Morgan fingerprint density at radius 2 is 2.21 bits per heavy atom. The van der Waals surface area contributed by atoms with Crippen molar-refractivity contribution in [2.24, 2.45) is 11.8 Å². The Morgan fingerprint density at radius 3 is 2.86 bits per heavy atom. The van der Waals surface area contributed by atoms with E-state index in [1.165, 1.54) is 6.42 Å². The second-order valence-corrected chi connectivity index (χ2v) is 4.63. The molecule has 0 amide bonds. The molecule has 1 fully saturated rings. The summed E-state index contributed by atoms with van der Waals surface area (Å²) in [5, 5.41) is 21.7.